The minimum Gasteiger partial charge on any atom is -0.465 e. The first-order chi connectivity index (χ1) is 15.3. The van der Waals surface area contributed by atoms with E-state index in [2.05, 4.69) is 27.7 Å². The maximum Gasteiger partial charge on any atom is 0.345 e. The molecule has 0 amide bonds. The summed E-state index contributed by atoms with van der Waals surface area (Å²) in [6.07, 6.45) is 7.63. The Balaban J connectivity index is 5.27. The van der Waals surface area contributed by atoms with Crippen LogP contribution in [0.25, 0.3) is 0 Å². The van der Waals surface area contributed by atoms with Crippen LogP contribution in [0.2, 0.25) is 0 Å². The Morgan fingerprint density at radius 1 is 0.750 bits per heavy atom. The summed E-state index contributed by atoms with van der Waals surface area (Å²) in [6.45, 7) is 12.4. The highest BCUT2D eigenvalue weighted by atomic mass is 31.2. The molecule has 0 unspecified atom stereocenters. The van der Waals surface area contributed by atoms with Crippen molar-refractivity contribution >= 4 is 19.5 Å². The Morgan fingerprint density at radius 3 is 1.62 bits per heavy atom. The fourth-order valence-electron chi connectivity index (χ4n) is 3.42. The maximum atomic E-state index is 13.4. The van der Waals surface area contributed by atoms with Crippen molar-refractivity contribution < 1.29 is 32.7 Å². The summed E-state index contributed by atoms with van der Waals surface area (Å²) in [5, 5.41) is 0. The van der Waals surface area contributed by atoms with Gasteiger partial charge in [0.2, 0.25) is 0 Å². The molecule has 0 aromatic heterocycles. The Bertz CT molecular complexity index is 542. The summed E-state index contributed by atoms with van der Waals surface area (Å²) in [6, 6.07) is 0. The van der Waals surface area contributed by atoms with Crippen molar-refractivity contribution in [3.05, 3.63) is 0 Å². The molecule has 0 heterocycles. The fourth-order valence-corrected chi connectivity index (χ4v) is 5.28. The Hall–Kier alpha value is -0.910. The van der Waals surface area contributed by atoms with Gasteiger partial charge in [-0.2, -0.15) is 0 Å². The highest BCUT2D eigenvalue weighted by Crippen LogP contribution is 2.54. The van der Waals surface area contributed by atoms with E-state index in [9.17, 15) is 14.2 Å². The lowest BCUT2D eigenvalue weighted by Crippen LogP contribution is -2.31. The maximum absolute atomic E-state index is 13.4. The molecule has 7 nitrogen and oxygen atoms in total. The minimum atomic E-state index is -3.88. The first-order valence-corrected chi connectivity index (χ1v) is 14.1. The molecule has 3 atom stereocenters. The molecule has 0 aromatic rings. The molecule has 0 spiro atoms. The van der Waals surface area contributed by atoms with Gasteiger partial charge < -0.3 is 18.5 Å². The summed E-state index contributed by atoms with van der Waals surface area (Å²) in [5.41, 5.74) is -1.32. The Morgan fingerprint density at radius 2 is 1.22 bits per heavy atom. The monoisotopic (exact) mass is 478 g/mol. The van der Waals surface area contributed by atoms with Crippen molar-refractivity contribution in [2.45, 2.75) is 105 Å². The number of unbranched alkanes of at least 4 members (excludes halogenated alkanes) is 2. The van der Waals surface area contributed by atoms with Gasteiger partial charge in [0.1, 0.15) is 0 Å². The summed E-state index contributed by atoms with van der Waals surface area (Å²) >= 11 is 0. The van der Waals surface area contributed by atoms with Gasteiger partial charge in [-0.05, 0) is 38.5 Å². The quantitative estimate of drug-likeness (QED) is 0.145. The third-order valence-electron chi connectivity index (χ3n) is 5.66. The highest BCUT2D eigenvalue weighted by molar-refractivity contribution is 7.55. The molecule has 0 bridgehead atoms. The molecule has 0 N–H and O–H groups in total. The average Bonchev–Trinajstić information content (AvgIpc) is 2.77. The normalized spacial score (nSPS) is 14.6. The van der Waals surface area contributed by atoms with Gasteiger partial charge in [0.05, 0.1) is 32.8 Å². The second-order valence-electron chi connectivity index (χ2n) is 8.24. The lowest BCUT2D eigenvalue weighted by Gasteiger charge is -2.25. The molecule has 0 saturated carbocycles. The van der Waals surface area contributed by atoms with E-state index < -0.39 is 25.2 Å². The lowest BCUT2D eigenvalue weighted by molar-refractivity contribution is -0.152. The van der Waals surface area contributed by atoms with E-state index in [1.807, 2.05) is 0 Å². The van der Waals surface area contributed by atoms with Gasteiger partial charge in [0.15, 0.2) is 5.66 Å². The first kappa shape index (κ1) is 31.1. The van der Waals surface area contributed by atoms with Crippen molar-refractivity contribution in [3.8, 4) is 0 Å². The van der Waals surface area contributed by atoms with Gasteiger partial charge in [-0.25, -0.2) is 0 Å². The van der Waals surface area contributed by atoms with E-state index >= 15 is 0 Å². The van der Waals surface area contributed by atoms with Crippen molar-refractivity contribution in [1.82, 2.24) is 0 Å². The van der Waals surface area contributed by atoms with E-state index in [1.54, 1.807) is 13.8 Å². The molecule has 8 heteroatoms. The zero-order valence-corrected chi connectivity index (χ0v) is 22.1. The van der Waals surface area contributed by atoms with Gasteiger partial charge in [0.25, 0.3) is 0 Å². The molecule has 32 heavy (non-hydrogen) atoms. The molecular weight excluding hydrogens is 431 g/mol. The topological polar surface area (TPSA) is 88.1 Å². The lowest BCUT2D eigenvalue weighted by atomic mass is 10.0. The molecule has 0 radical (unpaired) electrons. The van der Waals surface area contributed by atoms with Crippen LogP contribution >= 0.6 is 7.60 Å². The van der Waals surface area contributed by atoms with Crippen molar-refractivity contribution in [2.24, 2.45) is 11.8 Å². The number of hydrogen-bond donors (Lipinski definition) is 0. The number of carbonyl (C=O) groups excluding carboxylic acids is 2. The molecule has 0 aromatic carbocycles. The van der Waals surface area contributed by atoms with Crippen LogP contribution in [0.15, 0.2) is 0 Å². The van der Waals surface area contributed by atoms with Crippen LogP contribution in [0.5, 0.6) is 0 Å². The van der Waals surface area contributed by atoms with Gasteiger partial charge in [-0.3, -0.25) is 14.2 Å². The van der Waals surface area contributed by atoms with Crippen LogP contribution in [0, 0.1) is 11.8 Å². The number of esters is 2. The fraction of sp³-hybridized carbons (Fsp3) is 0.917. The number of rotatable bonds is 20. The van der Waals surface area contributed by atoms with Gasteiger partial charge in [0, 0.05) is 0 Å². The van der Waals surface area contributed by atoms with Crippen molar-refractivity contribution in [3.63, 3.8) is 0 Å². The summed E-state index contributed by atoms with van der Waals surface area (Å²) in [5.74, 6) is -0.799. The number of carbonyl (C=O) groups is 2. The van der Waals surface area contributed by atoms with Crippen LogP contribution in [0.4, 0.5) is 0 Å². The molecular formula is C24H47O7P. The van der Waals surface area contributed by atoms with Crippen molar-refractivity contribution in [1.29, 1.82) is 0 Å². The average molecular weight is 479 g/mol. The predicted molar refractivity (Wildman–Crippen MR) is 128 cm³/mol. The van der Waals surface area contributed by atoms with Crippen LogP contribution in [-0.2, 0) is 32.7 Å². The van der Waals surface area contributed by atoms with Crippen LogP contribution in [-0.4, -0.2) is 44.0 Å². The molecule has 0 rings (SSSR count). The molecule has 0 saturated heterocycles. The molecule has 0 aliphatic heterocycles. The van der Waals surface area contributed by atoms with Crippen molar-refractivity contribution in [2.75, 3.05) is 26.4 Å². The number of hydrogen-bond acceptors (Lipinski definition) is 7. The Kier molecular flexibility index (Phi) is 18.0. The molecule has 0 aliphatic rings. The van der Waals surface area contributed by atoms with E-state index in [1.165, 1.54) is 0 Å². The number of ether oxygens (including phenoxy) is 2. The van der Waals surface area contributed by atoms with Gasteiger partial charge in [-0.15, -0.1) is 0 Å². The zero-order valence-electron chi connectivity index (χ0n) is 21.2. The van der Waals surface area contributed by atoms with E-state index in [0.717, 1.165) is 51.4 Å². The summed E-state index contributed by atoms with van der Waals surface area (Å²) in [4.78, 5) is 25.5. The van der Waals surface area contributed by atoms with E-state index in [4.69, 9.17) is 18.5 Å². The third-order valence-corrected chi connectivity index (χ3v) is 8.05. The van der Waals surface area contributed by atoms with Gasteiger partial charge >= 0.3 is 19.5 Å². The molecule has 0 aliphatic carbocycles. The second-order valence-corrected chi connectivity index (χ2v) is 10.5. The summed E-state index contributed by atoms with van der Waals surface area (Å²) < 4.78 is 35.1. The van der Waals surface area contributed by atoms with Crippen LogP contribution < -0.4 is 0 Å². The summed E-state index contributed by atoms with van der Waals surface area (Å²) in [7, 11) is -3.88. The first-order valence-electron chi connectivity index (χ1n) is 12.5. The van der Waals surface area contributed by atoms with Crippen LogP contribution in [0.1, 0.15) is 99.3 Å². The van der Waals surface area contributed by atoms with Gasteiger partial charge in [-0.1, -0.05) is 66.2 Å². The smallest absolute Gasteiger partial charge is 0.345 e. The molecule has 190 valence electrons. The minimum absolute atomic E-state index is 0.0963. The standard InChI is InChI=1S/C24H47O7P/c1-7-13-15-20(9-3)18-28-23(25)17-22(32(27,30-11-5)31-12-6)24(26)29-19-21(10-4)16-14-8-2/h20-22H,7-19H2,1-6H3/t20-,21-,22+/m0/s1. The zero-order chi connectivity index (χ0) is 24.4. The van der Waals surface area contributed by atoms with E-state index in [0.29, 0.717) is 6.61 Å². The molecule has 0 fully saturated rings. The Labute approximate surface area is 195 Å². The third kappa shape index (κ3) is 12.4. The van der Waals surface area contributed by atoms with E-state index in [-0.39, 0.29) is 38.1 Å². The highest BCUT2D eigenvalue weighted by Gasteiger charge is 2.44. The van der Waals surface area contributed by atoms with Crippen LogP contribution in [0.3, 0.4) is 0 Å². The SMILES string of the molecule is CCCC[C@H](CC)COC(=O)C[C@H](C(=O)OC[C@@H](CC)CCCC)P(=O)(OCC)OCC. The predicted octanol–water partition coefficient (Wildman–Crippen LogP) is 6.53. The largest absolute Gasteiger partial charge is 0.465 e. The second kappa shape index (κ2) is 18.5.